The molecule has 11 heteroatoms. The fraction of sp³-hybridized carbons (Fsp3) is 0.121. The number of hydrogen-bond acceptors (Lipinski definition) is 8. The number of urea groups is 1. The lowest BCUT2D eigenvalue weighted by Crippen LogP contribution is -2.54. The summed E-state index contributed by atoms with van der Waals surface area (Å²) in [5.41, 5.74) is 2.00. The van der Waals surface area contributed by atoms with E-state index in [9.17, 15) is 24.5 Å². The molecule has 1 aliphatic rings. The van der Waals surface area contributed by atoms with Crippen molar-refractivity contribution in [2.45, 2.75) is 20.1 Å². The van der Waals surface area contributed by atoms with Crippen LogP contribution in [-0.4, -0.2) is 29.4 Å². The van der Waals surface area contributed by atoms with Crippen LogP contribution in [0.4, 0.5) is 16.2 Å². The number of non-ortho nitro benzene ring substituents is 1. The molecule has 1 N–H and O–H groups in total. The highest BCUT2D eigenvalue weighted by Gasteiger charge is 2.36. The van der Waals surface area contributed by atoms with Crippen molar-refractivity contribution in [3.63, 3.8) is 0 Å². The Kier molecular flexibility index (Phi) is 8.95. The molecule has 4 aromatic rings. The molecular weight excluding hydrogens is 566 g/mol. The molecule has 1 fully saturated rings. The van der Waals surface area contributed by atoms with E-state index in [4.69, 9.17) is 14.2 Å². The van der Waals surface area contributed by atoms with Crippen LogP contribution in [0, 0.1) is 10.1 Å². The zero-order valence-corrected chi connectivity index (χ0v) is 23.6. The molecule has 11 nitrogen and oxygen atoms in total. The number of nitrogens with one attached hydrogen (secondary N) is 1. The van der Waals surface area contributed by atoms with Crippen LogP contribution < -0.4 is 24.4 Å². The number of anilines is 1. The molecule has 0 aromatic heterocycles. The molecule has 44 heavy (non-hydrogen) atoms. The molecule has 0 spiro atoms. The van der Waals surface area contributed by atoms with E-state index in [-0.39, 0.29) is 23.6 Å². The summed E-state index contributed by atoms with van der Waals surface area (Å²) in [6, 6.07) is 26.1. The fourth-order valence-electron chi connectivity index (χ4n) is 4.41. The van der Waals surface area contributed by atoms with Gasteiger partial charge >= 0.3 is 6.03 Å². The van der Waals surface area contributed by atoms with Gasteiger partial charge in [-0.1, -0.05) is 48.5 Å². The van der Waals surface area contributed by atoms with Crippen LogP contribution >= 0.6 is 0 Å². The number of barbiturate groups is 1. The lowest BCUT2D eigenvalue weighted by molar-refractivity contribution is -0.384. The number of carbonyl (C=O) groups excluding carboxylic acids is 3. The predicted molar refractivity (Wildman–Crippen MR) is 161 cm³/mol. The van der Waals surface area contributed by atoms with Gasteiger partial charge < -0.3 is 14.2 Å². The lowest BCUT2D eigenvalue weighted by Gasteiger charge is -2.26. The highest BCUT2D eigenvalue weighted by molar-refractivity contribution is 6.39. The third kappa shape index (κ3) is 6.90. The minimum Gasteiger partial charge on any atom is -0.490 e. The van der Waals surface area contributed by atoms with Crippen molar-refractivity contribution in [1.29, 1.82) is 0 Å². The molecule has 0 radical (unpaired) electrons. The maximum atomic E-state index is 13.4. The van der Waals surface area contributed by atoms with Gasteiger partial charge in [0.25, 0.3) is 17.5 Å². The Balaban J connectivity index is 1.33. The lowest BCUT2D eigenvalue weighted by atomic mass is 10.1. The summed E-state index contributed by atoms with van der Waals surface area (Å²) in [6.07, 6.45) is 1.36. The standard InChI is InChI=1S/C33H27N3O8/c1-2-42-30-19-23(11-16-29(30)44-21-24-9-6-10-26(17-24)36(40)41)18-28-31(37)34-33(39)35(32(28)38)25-12-14-27(15-13-25)43-20-22-7-4-3-5-8-22/h3-19H,2,20-21H2,1H3,(H,34,37,39)/b28-18+. The van der Waals surface area contributed by atoms with Gasteiger partial charge in [-0.15, -0.1) is 0 Å². The number of nitro groups is 1. The van der Waals surface area contributed by atoms with E-state index in [2.05, 4.69) is 5.32 Å². The third-order valence-electron chi connectivity index (χ3n) is 6.54. The molecule has 1 heterocycles. The van der Waals surface area contributed by atoms with Crippen LogP contribution in [0.2, 0.25) is 0 Å². The molecule has 0 atom stereocenters. The van der Waals surface area contributed by atoms with Crippen LogP contribution in [0.3, 0.4) is 0 Å². The molecule has 0 unspecified atom stereocenters. The first kappa shape index (κ1) is 29.5. The Morgan fingerprint density at radius 1 is 0.795 bits per heavy atom. The van der Waals surface area contributed by atoms with Crippen molar-refractivity contribution in [3.8, 4) is 17.2 Å². The Hall–Kier alpha value is -5.97. The smallest absolute Gasteiger partial charge is 0.335 e. The summed E-state index contributed by atoms with van der Waals surface area (Å²) in [5, 5.41) is 13.3. The van der Waals surface area contributed by atoms with Crippen molar-refractivity contribution in [2.75, 3.05) is 11.5 Å². The number of amides is 4. The summed E-state index contributed by atoms with van der Waals surface area (Å²) in [5.74, 6) is -0.365. The van der Waals surface area contributed by atoms with Gasteiger partial charge in [0.1, 0.15) is 24.5 Å². The van der Waals surface area contributed by atoms with Crippen LogP contribution in [0.25, 0.3) is 6.08 Å². The number of nitrogens with zero attached hydrogens (tertiary/aromatic N) is 2. The average Bonchev–Trinajstić information content (AvgIpc) is 3.03. The van der Waals surface area contributed by atoms with E-state index in [0.29, 0.717) is 41.6 Å². The summed E-state index contributed by atoms with van der Waals surface area (Å²) in [7, 11) is 0. The maximum Gasteiger partial charge on any atom is 0.335 e. The number of ether oxygens (including phenoxy) is 3. The molecule has 4 aromatic carbocycles. The summed E-state index contributed by atoms with van der Waals surface area (Å²) in [6.45, 7) is 2.50. The average molecular weight is 594 g/mol. The zero-order valence-electron chi connectivity index (χ0n) is 23.6. The molecule has 1 aliphatic heterocycles. The maximum absolute atomic E-state index is 13.4. The summed E-state index contributed by atoms with van der Waals surface area (Å²) >= 11 is 0. The van der Waals surface area contributed by atoms with Gasteiger partial charge in [0.2, 0.25) is 0 Å². The Bertz CT molecular complexity index is 1740. The number of imide groups is 2. The molecular formula is C33H27N3O8. The number of carbonyl (C=O) groups is 3. The fourth-order valence-corrected chi connectivity index (χ4v) is 4.41. The minimum absolute atomic E-state index is 0.0478. The number of rotatable bonds is 11. The molecule has 0 saturated carbocycles. The Morgan fingerprint density at radius 3 is 2.25 bits per heavy atom. The van der Waals surface area contributed by atoms with Crippen LogP contribution in [0.5, 0.6) is 17.2 Å². The number of benzene rings is 4. The van der Waals surface area contributed by atoms with Gasteiger partial charge in [-0.25, -0.2) is 9.69 Å². The van der Waals surface area contributed by atoms with Crippen LogP contribution in [0.1, 0.15) is 23.6 Å². The van der Waals surface area contributed by atoms with E-state index >= 15 is 0 Å². The van der Waals surface area contributed by atoms with Gasteiger partial charge in [-0.3, -0.25) is 25.0 Å². The van der Waals surface area contributed by atoms with Crippen molar-refractivity contribution in [3.05, 3.63) is 129 Å². The first-order valence-corrected chi connectivity index (χ1v) is 13.6. The second kappa shape index (κ2) is 13.3. The van der Waals surface area contributed by atoms with Crippen molar-refractivity contribution < 1.29 is 33.5 Å². The van der Waals surface area contributed by atoms with Crippen molar-refractivity contribution in [2.24, 2.45) is 0 Å². The largest absolute Gasteiger partial charge is 0.490 e. The number of nitro benzene ring substituents is 1. The second-order valence-electron chi connectivity index (χ2n) is 9.58. The molecule has 1 saturated heterocycles. The Labute approximate surface area is 252 Å². The van der Waals surface area contributed by atoms with Gasteiger partial charge in [0.05, 0.1) is 17.2 Å². The SMILES string of the molecule is CCOc1cc(/C=C2\C(=O)NC(=O)N(c3ccc(OCc4ccccc4)cc3)C2=O)ccc1OCc1cccc([N+](=O)[O-])c1. The van der Waals surface area contributed by atoms with Crippen molar-refractivity contribution in [1.82, 2.24) is 5.32 Å². The summed E-state index contributed by atoms with van der Waals surface area (Å²) in [4.78, 5) is 50.3. The highest BCUT2D eigenvalue weighted by Crippen LogP contribution is 2.31. The number of hydrogen-bond donors (Lipinski definition) is 1. The summed E-state index contributed by atoms with van der Waals surface area (Å²) < 4.78 is 17.4. The quantitative estimate of drug-likeness (QED) is 0.0994. The van der Waals surface area contributed by atoms with Crippen LogP contribution in [0.15, 0.2) is 103 Å². The first-order valence-electron chi connectivity index (χ1n) is 13.6. The molecule has 222 valence electrons. The van der Waals surface area contributed by atoms with E-state index in [1.54, 1.807) is 61.5 Å². The topological polar surface area (TPSA) is 137 Å². The van der Waals surface area contributed by atoms with Gasteiger partial charge in [0.15, 0.2) is 11.5 Å². The van der Waals surface area contributed by atoms with Gasteiger partial charge in [-0.05, 0) is 66.1 Å². The van der Waals surface area contributed by atoms with Crippen molar-refractivity contribution >= 4 is 35.3 Å². The predicted octanol–water partition coefficient (Wildman–Crippen LogP) is 5.82. The van der Waals surface area contributed by atoms with E-state index < -0.39 is 22.8 Å². The monoisotopic (exact) mass is 593 g/mol. The van der Waals surface area contributed by atoms with E-state index in [1.165, 1.54) is 18.2 Å². The van der Waals surface area contributed by atoms with Gasteiger partial charge in [-0.2, -0.15) is 0 Å². The van der Waals surface area contributed by atoms with Crippen LogP contribution in [-0.2, 0) is 22.8 Å². The molecule has 5 rings (SSSR count). The highest BCUT2D eigenvalue weighted by atomic mass is 16.6. The molecule has 4 amide bonds. The Morgan fingerprint density at radius 2 is 1.52 bits per heavy atom. The third-order valence-corrected chi connectivity index (χ3v) is 6.54. The van der Waals surface area contributed by atoms with E-state index in [0.717, 1.165) is 10.5 Å². The normalized spacial score (nSPS) is 13.9. The van der Waals surface area contributed by atoms with E-state index in [1.807, 2.05) is 30.3 Å². The zero-order chi connectivity index (χ0) is 31.1. The first-order chi connectivity index (χ1) is 21.3. The molecule has 0 bridgehead atoms. The van der Waals surface area contributed by atoms with Gasteiger partial charge in [0, 0.05) is 12.1 Å². The minimum atomic E-state index is -0.866. The second-order valence-corrected chi connectivity index (χ2v) is 9.58. The molecule has 0 aliphatic carbocycles.